The van der Waals surface area contributed by atoms with Crippen molar-refractivity contribution in [3.8, 4) is 5.69 Å². The molecule has 1 aromatic heterocycles. The summed E-state index contributed by atoms with van der Waals surface area (Å²) in [5.74, 6) is -0.406. The highest BCUT2D eigenvalue weighted by Crippen LogP contribution is 2.26. The Bertz CT molecular complexity index is 1130. The lowest BCUT2D eigenvalue weighted by atomic mass is 9.92. The third kappa shape index (κ3) is 5.97. The summed E-state index contributed by atoms with van der Waals surface area (Å²) < 4.78 is 15.6. The molecule has 2 aromatic carbocycles. The van der Waals surface area contributed by atoms with Gasteiger partial charge < -0.3 is 15.5 Å². The first-order valence-corrected chi connectivity index (χ1v) is 10.9. The fourth-order valence-corrected chi connectivity index (χ4v) is 3.16. The number of rotatable bonds is 6. The molecule has 174 valence electrons. The minimum Gasteiger partial charge on any atom is -0.315 e. The molecule has 3 aromatic rings. The summed E-state index contributed by atoms with van der Waals surface area (Å²) in [6.45, 7) is 9.98. The van der Waals surface area contributed by atoms with E-state index in [1.165, 1.54) is 17.0 Å². The van der Waals surface area contributed by atoms with Crippen molar-refractivity contribution >= 4 is 23.4 Å². The first-order valence-electron chi connectivity index (χ1n) is 10.9. The molecular formula is C25H30FN5O2. The zero-order valence-corrected chi connectivity index (χ0v) is 19.6. The molecule has 3 amide bonds. The molecule has 0 aliphatic heterocycles. The number of aromatic nitrogens is 2. The van der Waals surface area contributed by atoms with Crippen molar-refractivity contribution in [1.29, 1.82) is 0 Å². The van der Waals surface area contributed by atoms with Gasteiger partial charge in [-0.3, -0.25) is 4.79 Å². The minimum absolute atomic E-state index is 0.0635. The Morgan fingerprint density at radius 3 is 2.33 bits per heavy atom. The van der Waals surface area contributed by atoms with Crippen LogP contribution in [-0.2, 0) is 10.2 Å². The van der Waals surface area contributed by atoms with E-state index in [0.717, 1.165) is 16.9 Å². The van der Waals surface area contributed by atoms with Gasteiger partial charge in [0.25, 0.3) is 0 Å². The highest BCUT2D eigenvalue weighted by atomic mass is 19.1. The Hall–Kier alpha value is -3.68. The summed E-state index contributed by atoms with van der Waals surface area (Å²) in [5.41, 5.74) is 2.60. The van der Waals surface area contributed by atoms with Gasteiger partial charge in [-0.25, -0.2) is 13.9 Å². The highest BCUT2D eigenvalue weighted by molar-refractivity contribution is 5.96. The van der Waals surface area contributed by atoms with Crippen molar-refractivity contribution in [1.82, 2.24) is 14.7 Å². The van der Waals surface area contributed by atoms with Gasteiger partial charge in [0, 0.05) is 18.0 Å². The summed E-state index contributed by atoms with van der Waals surface area (Å²) in [4.78, 5) is 26.7. The number of halogens is 1. The van der Waals surface area contributed by atoms with Crippen LogP contribution >= 0.6 is 0 Å². The Labute approximate surface area is 193 Å². The maximum absolute atomic E-state index is 13.9. The summed E-state index contributed by atoms with van der Waals surface area (Å²) in [6.07, 6.45) is 0. The van der Waals surface area contributed by atoms with Crippen LogP contribution in [0.5, 0.6) is 0 Å². The van der Waals surface area contributed by atoms with Gasteiger partial charge in [-0.2, -0.15) is 5.10 Å². The molecule has 3 rings (SSSR count). The minimum atomic E-state index is -0.555. The predicted molar refractivity (Wildman–Crippen MR) is 128 cm³/mol. The zero-order chi connectivity index (χ0) is 24.2. The number of hydrogen-bond acceptors (Lipinski definition) is 3. The van der Waals surface area contributed by atoms with Crippen LogP contribution in [0, 0.1) is 12.7 Å². The van der Waals surface area contributed by atoms with Gasteiger partial charge >= 0.3 is 6.03 Å². The average molecular weight is 452 g/mol. The lowest BCUT2D eigenvalue weighted by Crippen LogP contribution is -2.40. The number of likely N-dealkylation sites (N-methyl/N-ethyl adjacent to an activating group) is 1. The lowest BCUT2D eigenvalue weighted by molar-refractivity contribution is -0.116. The summed E-state index contributed by atoms with van der Waals surface area (Å²) in [6, 6.07) is 15.0. The number of carbonyl (C=O) groups is 2. The topological polar surface area (TPSA) is 79.3 Å². The van der Waals surface area contributed by atoms with E-state index in [0.29, 0.717) is 5.82 Å². The lowest BCUT2D eigenvalue weighted by Gasteiger charge is -2.21. The molecule has 8 heteroatoms. The summed E-state index contributed by atoms with van der Waals surface area (Å²) in [7, 11) is 0. The number of para-hydroxylation sites is 1. The Morgan fingerprint density at radius 2 is 1.73 bits per heavy atom. The first-order chi connectivity index (χ1) is 15.6. The molecule has 0 radical (unpaired) electrons. The number of aryl methyl sites for hydroxylation is 1. The number of amides is 3. The molecule has 0 spiro atoms. The molecule has 0 saturated carbocycles. The van der Waals surface area contributed by atoms with E-state index >= 15 is 0 Å². The largest absolute Gasteiger partial charge is 0.322 e. The standard InChI is InChI=1S/C25H30FN5O2/c1-6-30(24(33)27-20-10-8-7-9-19(20)26)16-23(32)28-22-15-21(25(3,4)5)29-31(22)18-13-11-17(2)12-14-18/h7-15H,6,16H2,1-5H3,(H,27,33)(H,28,32). The van der Waals surface area contributed by atoms with Crippen LogP contribution in [0.2, 0.25) is 0 Å². The van der Waals surface area contributed by atoms with Gasteiger partial charge in [-0.1, -0.05) is 50.6 Å². The molecule has 7 nitrogen and oxygen atoms in total. The van der Waals surface area contributed by atoms with Gasteiger partial charge in [0.1, 0.15) is 18.2 Å². The predicted octanol–water partition coefficient (Wildman–Crippen LogP) is 5.11. The molecule has 0 saturated heterocycles. The quantitative estimate of drug-likeness (QED) is 0.547. The Balaban J connectivity index is 1.78. The number of hydrogen-bond donors (Lipinski definition) is 2. The number of nitrogens with one attached hydrogen (secondary N) is 2. The van der Waals surface area contributed by atoms with E-state index in [1.807, 2.05) is 58.0 Å². The Morgan fingerprint density at radius 1 is 1.06 bits per heavy atom. The molecule has 0 unspecified atom stereocenters. The van der Waals surface area contributed by atoms with Gasteiger partial charge in [0.05, 0.1) is 17.1 Å². The Kier molecular flexibility index (Phi) is 7.16. The molecule has 0 atom stereocenters. The van der Waals surface area contributed by atoms with Crippen molar-refractivity contribution in [2.24, 2.45) is 0 Å². The number of nitrogens with zero attached hydrogens (tertiary/aromatic N) is 3. The van der Waals surface area contributed by atoms with Gasteiger partial charge in [-0.15, -0.1) is 0 Å². The molecule has 0 aliphatic rings. The van der Waals surface area contributed by atoms with Crippen molar-refractivity contribution < 1.29 is 14.0 Å². The van der Waals surface area contributed by atoms with Crippen molar-refractivity contribution in [2.75, 3.05) is 23.7 Å². The second-order valence-electron chi connectivity index (χ2n) is 8.88. The molecule has 0 bridgehead atoms. The van der Waals surface area contributed by atoms with E-state index < -0.39 is 11.8 Å². The third-order valence-electron chi connectivity index (χ3n) is 5.14. The van der Waals surface area contributed by atoms with E-state index in [1.54, 1.807) is 23.7 Å². The molecule has 1 heterocycles. The van der Waals surface area contributed by atoms with Crippen LogP contribution in [0.15, 0.2) is 54.6 Å². The SMILES string of the molecule is CCN(CC(=O)Nc1cc(C(C)(C)C)nn1-c1ccc(C)cc1)C(=O)Nc1ccccc1F. The van der Waals surface area contributed by atoms with E-state index in [2.05, 4.69) is 10.6 Å². The number of carbonyl (C=O) groups excluding carboxylic acids is 2. The maximum atomic E-state index is 13.9. The summed E-state index contributed by atoms with van der Waals surface area (Å²) >= 11 is 0. The smallest absolute Gasteiger partial charge is 0.315 e. The van der Waals surface area contributed by atoms with E-state index in [-0.39, 0.29) is 30.1 Å². The van der Waals surface area contributed by atoms with E-state index in [9.17, 15) is 14.0 Å². The first kappa shape index (κ1) is 24.0. The number of anilines is 2. The van der Waals surface area contributed by atoms with Crippen molar-refractivity contribution in [3.05, 3.63) is 71.7 Å². The van der Waals surface area contributed by atoms with Crippen LogP contribution in [0.4, 0.5) is 20.7 Å². The molecule has 0 fully saturated rings. The van der Waals surface area contributed by atoms with E-state index in [4.69, 9.17) is 5.10 Å². The molecule has 33 heavy (non-hydrogen) atoms. The number of urea groups is 1. The second kappa shape index (κ2) is 9.85. The van der Waals surface area contributed by atoms with Gasteiger partial charge in [0.15, 0.2) is 0 Å². The monoisotopic (exact) mass is 451 g/mol. The third-order valence-corrected chi connectivity index (χ3v) is 5.14. The molecular weight excluding hydrogens is 421 g/mol. The van der Waals surface area contributed by atoms with Crippen molar-refractivity contribution in [2.45, 2.75) is 40.0 Å². The fraction of sp³-hybridized carbons (Fsp3) is 0.320. The average Bonchev–Trinajstić information content (AvgIpc) is 3.18. The van der Waals surface area contributed by atoms with Crippen molar-refractivity contribution in [3.63, 3.8) is 0 Å². The second-order valence-corrected chi connectivity index (χ2v) is 8.88. The van der Waals surface area contributed by atoms with Crippen LogP contribution in [0.25, 0.3) is 5.69 Å². The van der Waals surface area contributed by atoms with Crippen LogP contribution in [0.1, 0.15) is 39.0 Å². The van der Waals surface area contributed by atoms with Gasteiger partial charge in [-0.05, 0) is 38.1 Å². The highest BCUT2D eigenvalue weighted by Gasteiger charge is 2.23. The van der Waals surface area contributed by atoms with Crippen LogP contribution < -0.4 is 10.6 Å². The molecule has 2 N–H and O–H groups in total. The van der Waals surface area contributed by atoms with Gasteiger partial charge in [0.2, 0.25) is 5.91 Å². The molecule has 0 aliphatic carbocycles. The fourth-order valence-electron chi connectivity index (χ4n) is 3.16. The zero-order valence-electron chi connectivity index (χ0n) is 19.6. The summed E-state index contributed by atoms with van der Waals surface area (Å²) in [5, 5.41) is 10.1. The van der Waals surface area contributed by atoms with Crippen LogP contribution in [-0.4, -0.2) is 39.7 Å². The normalized spacial score (nSPS) is 11.2. The maximum Gasteiger partial charge on any atom is 0.322 e. The van der Waals surface area contributed by atoms with Crippen LogP contribution in [0.3, 0.4) is 0 Å². The number of benzene rings is 2.